The number of aromatic nitrogens is 2. The summed E-state index contributed by atoms with van der Waals surface area (Å²) in [5, 5.41) is 15.5. The molecule has 1 heterocycles. The summed E-state index contributed by atoms with van der Waals surface area (Å²) in [7, 11) is 0. The van der Waals surface area contributed by atoms with E-state index in [-0.39, 0.29) is 19.0 Å². The van der Waals surface area contributed by atoms with Crippen LogP contribution in [0.5, 0.6) is 0 Å². The highest BCUT2D eigenvalue weighted by atomic mass is 35.5. The van der Waals surface area contributed by atoms with E-state index in [0.29, 0.717) is 30.2 Å². The molecule has 6 nitrogen and oxygen atoms in total. The van der Waals surface area contributed by atoms with E-state index in [1.54, 1.807) is 22.9 Å². The van der Waals surface area contributed by atoms with Crippen LogP contribution in [0, 0.1) is 0 Å². The lowest BCUT2D eigenvalue weighted by atomic mass is 9.82. The molecule has 1 fully saturated rings. The molecule has 0 unspecified atom stereocenters. The van der Waals surface area contributed by atoms with E-state index in [1.807, 2.05) is 12.1 Å². The fourth-order valence-electron chi connectivity index (χ4n) is 3.32. The fraction of sp³-hybridized carbons (Fsp3) is 0.474. The van der Waals surface area contributed by atoms with Crippen molar-refractivity contribution in [2.24, 2.45) is 0 Å². The Bertz CT molecular complexity index is 752. The molecule has 0 aliphatic heterocycles. The Morgan fingerprint density at radius 3 is 2.65 bits per heavy atom. The molecule has 2 aromatic rings. The zero-order valence-electron chi connectivity index (χ0n) is 14.7. The zero-order valence-corrected chi connectivity index (χ0v) is 15.4. The number of halogens is 1. The summed E-state index contributed by atoms with van der Waals surface area (Å²) in [5.74, 6) is 0.120. The van der Waals surface area contributed by atoms with Gasteiger partial charge in [0, 0.05) is 16.7 Å². The van der Waals surface area contributed by atoms with Gasteiger partial charge in [0.2, 0.25) is 0 Å². The first-order valence-electron chi connectivity index (χ1n) is 8.92. The van der Waals surface area contributed by atoms with E-state index in [2.05, 4.69) is 5.10 Å². The molecule has 0 spiro atoms. The molecule has 1 aromatic carbocycles. The number of carbonyl (C=O) groups excluding carboxylic acids is 1. The maximum Gasteiger partial charge on any atom is 0.308 e. The molecule has 0 radical (unpaired) electrons. The van der Waals surface area contributed by atoms with Gasteiger partial charge in [0.1, 0.15) is 12.4 Å². The van der Waals surface area contributed by atoms with Crippen molar-refractivity contribution in [3.63, 3.8) is 0 Å². The van der Waals surface area contributed by atoms with E-state index < -0.39 is 5.60 Å². The Balaban J connectivity index is 1.52. The largest absolute Gasteiger partial charge is 0.464 e. The first-order chi connectivity index (χ1) is 12.5. The Hall–Kier alpha value is -2.05. The van der Waals surface area contributed by atoms with Gasteiger partial charge in [-0.3, -0.25) is 4.79 Å². The van der Waals surface area contributed by atoms with Crippen LogP contribution in [0.2, 0.25) is 5.02 Å². The van der Waals surface area contributed by atoms with Gasteiger partial charge >= 0.3 is 5.97 Å². The Kier molecular flexibility index (Phi) is 5.84. The van der Waals surface area contributed by atoms with Crippen molar-refractivity contribution in [2.75, 3.05) is 12.3 Å². The Morgan fingerprint density at radius 2 is 1.96 bits per heavy atom. The number of benzene rings is 1. The second kappa shape index (κ2) is 8.10. The molecule has 0 amide bonds. The second-order valence-corrected chi connectivity index (χ2v) is 7.30. The molecule has 3 N–H and O–H groups in total. The summed E-state index contributed by atoms with van der Waals surface area (Å²) in [6.07, 6.45) is 4.42. The summed E-state index contributed by atoms with van der Waals surface area (Å²) in [6, 6.07) is 9.11. The first kappa shape index (κ1) is 18.7. The minimum atomic E-state index is -0.901. The van der Waals surface area contributed by atoms with Gasteiger partial charge in [0.05, 0.1) is 24.3 Å². The highest BCUT2D eigenvalue weighted by Gasteiger charge is 2.32. The highest BCUT2D eigenvalue weighted by Crippen LogP contribution is 2.31. The summed E-state index contributed by atoms with van der Waals surface area (Å²) in [5.41, 5.74) is 6.74. The van der Waals surface area contributed by atoms with Gasteiger partial charge in [-0.2, -0.15) is 5.10 Å². The number of rotatable bonds is 6. The summed E-state index contributed by atoms with van der Waals surface area (Å²) >= 11 is 5.90. The molecule has 1 saturated carbocycles. The lowest BCUT2D eigenvalue weighted by Crippen LogP contribution is -2.34. The molecular formula is C19H24ClN3O3. The average Bonchev–Trinajstić information content (AvgIpc) is 2.96. The van der Waals surface area contributed by atoms with Gasteiger partial charge in [-0.25, -0.2) is 4.68 Å². The van der Waals surface area contributed by atoms with E-state index in [4.69, 9.17) is 22.1 Å². The lowest BCUT2D eigenvalue weighted by Gasteiger charge is -2.30. The van der Waals surface area contributed by atoms with Crippen LogP contribution in [0.25, 0.3) is 11.3 Å². The van der Waals surface area contributed by atoms with Crippen molar-refractivity contribution in [1.29, 1.82) is 0 Å². The third-order valence-electron chi connectivity index (χ3n) is 4.77. The number of anilines is 1. The number of esters is 1. The topological polar surface area (TPSA) is 90.4 Å². The molecule has 0 atom stereocenters. The quantitative estimate of drug-likeness (QED) is 0.753. The van der Waals surface area contributed by atoms with Crippen LogP contribution in [0.15, 0.2) is 30.3 Å². The van der Waals surface area contributed by atoms with E-state index in [9.17, 15) is 9.90 Å². The average molecular weight is 378 g/mol. The van der Waals surface area contributed by atoms with Crippen molar-refractivity contribution in [3.05, 3.63) is 35.4 Å². The molecule has 1 aromatic heterocycles. The second-order valence-electron chi connectivity index (χ2n) is 6.87. The minimum Gasteiger partial charge on any atom is -0.464 e. The standard InChI is InChI=1S/C19H24ClN3O3/c20-15-6-4-14(5-7-15)16-12-17(21)23(22-16)10-11-26-18(24)13-19(25)8-2-1-3-9-19/h4-7,12,25H,1-3,8-11,13,21H2. The fourth-order valence-corrected chi connectivity index (χ4v) is 3.45. The van der Waals surface area contributed by atoms with Crippen molar-refractivity contribution < 1.29 is 14.6 Å². The molecule has 1 aliphatic rings. The minimum absolute atomic E-state index is 0.0532. The van der Waals surface area contributed by atoms with Gasteiger partial charge in [0.15, 0.2) is 0 Å². The van der Waals surface area contributed by atoms with Crippen LogP contribution < -0.4 is 5.73 Å². The van der Waals surface area contributed by atoms with Gasteiger partial charge in [-0.1, -0.05) is 43.0 Å². The predicted octanol–water partition coefficient (Wildman–Crippen LogP) is 3.41. The molecule has 0 saturated heterocycles. The smallest absolute Gasteiger partial charge is 0.308 e. The maximum absolute atomic E-state index is 12.0. The van der Waals surface area contributed by atoms with Gasteiger partial charge in [-0.05, 0) is 25.0 Å². The molecule has 7 heteroatoms. The van der Waals surface area contributed by atoms with Gasteiger partial charge in [-0.15, -0.1) is 0 Å². The van der Waals surface area contributed by atoms with Crippen molar-refractivity contribution in [2.45, 2.75) is 50.7 Å². The van der Waals surface area contributed by atoms with Crippen LogP contribution in [0.3, 0.4) is 0 Å². The molecule has 26 heavy (non-hydrogen) atoms. The summed E-state index contributed by atoms with van der Waals surface area (Å²) in [4.78, 5) is 12.0. The first-order valence-corrected chi connectivity index (χ1v) is 9.30. The molecule has 1 aliphatic carbocycles. The highest BCUT2D eigenvalue weighted by molar-refractivity contribution is 6.30. The van der Waals surface area contributed by atoms with E-state index in [1.165, 1.54) is 0 Å². The number of nitrogen functional groups attached to an aromatic ring is 1. The number of hydrogen-bond acceptors (Lipinski definition) is 5. The molecule has 140 valence electrons. The van der Waals surface area contributed by atoms with Crippen LogP contribution in [-0.2, 0) is 16.1 Å². The summed E-state index contributed by atoms with van der Waals surface area (Å²) in [6.45, 7) is 0.532. The van der Waals surface area contributed by atoms with Crippen molar-refractivity contribution >= 4 is 23.4 Å². The Labute approximate surface area is 157 Å². The van der Waals surface area contributed by atoms with Crippen LogP contribution in [0.1, 0.15) is 38.5 Å². The summed E-state index contributed by atoms with van der Waals surface area (Å²) < 4.78 is 6.87. The van der Waals surface area contributed by atoms with Crippen LogP contribution in [0.4, 0.5) is 5.82 Å². The number of hydrogen-bond donors (Lipinski definition) is 2. The zero-order chi connectivity index (χ0) is 18.6. The van der Waals surface area contributed by atoms with Crippen molar-refractivity contribution in [1.82, 2.24) is 9.78 Å². The van der Waals surface area contributed by atoms with Crippen molar-refractivity contribution in [3.8, 4) is 11.3 Å². The van der Waals surface area contributed by atoms with Gasteiger partial charge < -0.3 is 15.6 Å². The number of nitrogens with two attached hydrogens (primary N) is 1. The van der Waals surface area contributed by atoms with Crippen LogP contribution >= 0.6 is 11.6 Å². The lowest BCUT2D eigenvalue weighted by molar-refractivity contribution is -0.150. The molecule has 3 rings (SSSR count). The normalized spacial score (nSPS) is 16.4. The van der Waals surface area contributed by atoms with Crippen LogP contribution in [-0.4, -0.2) is 33.1 Å². The Morgan fingerprint density at radius 1 is 1.27 bits per heavy atom. The molecule has 0 bridgehead atoms. The third kappa shape index (κ3) is 4.77. The molecular weight excluding hydrogens is 354 g/mol. The number of carbonyl (C=O) groups is 1. The SMILES string of the molecule is Nc1cc(-c2ccc(Cl)cc2)nn1CCOC(=O)CC1(O)CCCCC1. The number of ether oxygens (including phenoxy) is 1. The van der Waals surface area contributed by atoms with Gasteiger partial charge in [0.25, 0.3) is 0 Å². The monoisotopic (exact) mass is 377 g/mol. The third-order valence-corrected chi connectivity index (χ3v) is 5.03. The predicted molar refractivity (Wildman–Crippen MR) is 101 cm³/mol. The van der Waals surface area contributed by atoms with E-state index >= 15 is 0 Å². The maximum atomic E-state index is 12.0. The van der Waals surface area contributed by atoms with E-state index in [0.717, 1.165) is 30.5 Å². The number of nitrogens with zero attached hydrogens (tertiary/aromatic N) is 2. The number of aliphatic hydroxyl groups is 1.